The van der Waals surface area contributed by atoms with Crippen LogP contribution in [0.1, 0.15) is 49.9 Å². The van der Waals surface area contributed by atoms with Gasteiger partial charge in [0.05, 0.1) is 19.3 Å². The molecule has 0 heterocycles. The summed E-state index contributed by atoms with van der Waals surface area (Å²) < 4.78 is 10.4. The number of carbonyl (C=O) groups is 1. The van der Waals surface area contributed by atoms with Crippen LogP contribution in [0, 0.1) is 0 Å². The molecule has 0 saturated heterocycles. The van der Waals surface area contributed by atoms with Crippen molar-refractivity contribution in [2.24, 2.45) is 0 Å². The maximum atomic E-state index is 11.9. The van der Waals surface area contributed by atoms with Gasteiger partial charge >= 0.3 is 5.97 Å². The Bertz CT molecular complexity index is 430. The zero-order chi connectivity index (χ0) is 16.2. The van der Waals surface area contributed by atoms with E-state index in [4.69, 9.17) is 9.47 Å². The first-order valence-electron chi connectivity index (χ1n) is 8.24. The molecule has 0 aromatic heterocycles. The molecule has 0 bridgehead atoms. The van der Waals surface area contributed by atoms with E-state index in [2.05, 4.69) is 18.7 Å². The van der Waals surface area contributed by atoms with Crippen LogP contribution in [-0.4, -0.2) is 44.2 Å². The van der Waals surface area contributed by atoms with Gasteiger partial charge in [-0.3, -0.25) is 0 Å². The van der Waals surface area contributed by atoms with Gasteiger partial charge in [0.1, 0.15) is 5.75 Å². The van der Waals surface area contributed by atoms with E-state index in [-0.39, 0.29) is 5.97 Å². The highest BCUT2D eigenvalue weighted by atomic mass is 16.5. The van der Waals surface area contributed by atoms with Crippen molar-refractivity contribution in [2.75, 3.05) is 33.4 Å². The molecule has 4 nitrogen and oxygen atoms in total. The third-order valence-corrected chi connectivity index (χ3v) is 3.80. The quantitative estimate of drug-likeness (QED) is 0.461. The molecule has 0 atom stereocenters. The third kappa shape index (κ3) is 6.94. The summed E-state index contributed by atoms with van der Waals surface area (Å²) in [5.74, 6) is 0.396. The highest BCUT2D eigenvalue weighted by Crippen LogP contribution is 2.13. The highest BCUT2D eigenvalue weighted by Gasteiger charge is 2.07. The molecule has 1 rings (SSSR count). The van der Waals surface area contributed by atoms with Crippen molar-refractivity contribution in [1.82, 2.24) is 4.90 Å². The van der Waals surface area contributed by atoms with Gasteiger partial charge in [-0.15, -0.1) is 0 Å². The van der Waals surface area contributed by atoms with Crippen molar-refractivity contribution < 1.29 is 14.3 Å². The van der Waals surface area contributed by atoms with E-state index in [0.29, 0.717) is 17.9 Å². The maximum Gasteiger partial charge on any atom is 0.338 e. The summed E-state index contributed by atoms with van der Waals surface area (Å²) in [4.78, 5) is 14.3. The minimum Gasteiger partial charge on any atom is -0.497 e. The van der Waals surface area contributed by atoms with Crippen molar-refractivity contribution >= 4 is 5.97 Å². The summed E-state index contributed by atoms with van der Waals surface area (Å²) in [5, 5.41) is 0. The second-order valence-corrected chi connectivity index (χ2v) is 5.31. The second kappa shape index (κ2) is 11.1. The van der Waals surface area contributed by atoms with E-state index in [9.17, 15) is 4.79 Å². The van der Waals surface area contributed by atoms with Crippen LogP contribution in [0.15, 0.2) is 24.3 Å². The predicted molar refractivity (Wildman–Crippen MR) is 89.5 cm³/mol. The standard InChI is InChI=1S/C18H29NO3/c1-4-19(5-2)13-8-6-7-9-14-22-18(20)16-11-10-12-17(15-16)21-3/h10-12,15H,4-9,13-14H2,1-3H3. The van der Waals surface area contributed by atoms with E-state index in [0.717, 1.165) is 32.5 Å². The number of esters is 1. The number of methoxy groups -OCH3 is 1. The zero-order valence-electron chi connectivity index (χ0n) is 14.1. The lowest BCUT2D eigenvalue weighted by molar-refractivity contribution is 0.0497. The molecule has 4 heteroatoms. The molecule has 0 amide bonds. The number of hydrogen-bond acceptors (Lipinski definition) is 4. The number of nitrogens with zero attached hydrogens (tertiary/aromatic N) is 1. The molecule has 0 aliphatic heterocycles. The lowest BCUT2D eigenvalue weighted by atomic mass is 10.2. The lowest BCUT2D eigenvalue weighted by Crippen LogP contribution is -2.23. The topological polar surface area (TPSA) is 38.8 Å². The molecule has 1 aromatic rings. The normalized spacial score (nSPS) is 10.7. The van der Waals surface area contributed by atoms with Gasteiger partial charge in [-0.1, -0.05) is 32.8 Å². The largest absolute Gasteiger partial charge is 0.497 e. The molecule has 124 valence electrons. The van der Waals surface area contributed by atoms with Crippen molar-refractivity contribution in [3.8, 4) is 5.75 Å². The fourth-order valence-corrected chi connectivity index (χ4v) is 2.33. The Morgan fingerprint density at radius 2 is 1.82 bits per heavy atom. The van der Waals surface area contributed by atoms with Gasteiger partial charge in [0.25, 0.3) is 0 Å². The molecule has 1 aromatic carbocycles. The van der Waals surface area contributed by atoms with Gasteiger partial charge in [-0.25, -0.2) is 4.79 Å². The van der Waals surface area contributed by atoms with E-state index in [1.165, 1.54) is 12.8 Å². The molecule has 0 spiro atoms. The summed E-state index contributed by atoms with van der Waals surface area (Å²) in [6, 6.07) is 7.05. The molecule has 0 saturated carbocycles. The number of carbonyl (C=O) groups excluding carboxylic acids is 1. The molecule has 0 unspecified atom stereocenters. The fourth-order valence-electron chi connectivity index (χ4n) is 2.33. The first-order valence-corrected chi connectivity index (χ1v) is 8.24. The summed E-state index contributed by atoms with van der Waals surface area (Å²) in [6.45, 7) is 8.28. The second-order valence-electron chi connectivity index (χ2n) is 5.31. The Morgan fingerprint density at radius 1 is 1.09 bits per heavy atom. The molecule has 0 aliphatic rings. The first-order chi connectivity index (χ1) is 10.7. The van der Waals surface area contributed by atoms with E-state index in [1.807, 2.05) is 6.07 Å². The average molecular weight is 307 g/mol. The smallest absolute Gasteiger partial charge is 0.338 e. The molecule has 0 radical (unpaired) electrons. The predicted octanol–water partition coefficient (Wildman–Crippen LogP) is 3.75. The van der Waals surface area contributed by atoms with Gasteiger partial charge in [0.15, 0.2) is 0 Å². The van der Waals surface area contributed by atoms with Crippen molar-refractivity contribution in [3.05, 3.63) is 29.8 Å². The summed E-state index contributed by atoms with van der Waals surface area (Å²) in [7, 11) is 1.59. The van der Waals surface area contributed by atoms with E-state index < -0.39 is 0 Å². The van der Waals surface area contributed by atoms with Gasteiger partial charge in [-0.05, 0) is 50.7 Å². The van der Waals surface area contributed by atoms with Crippen LogP contribution < -0.4 is 4.74 Å². The summed E-state index contributed by atoms with van der Waals surface area (Å²) >= 11 is 0. The minimum atomic E-state index is -0.276. The number of benzene rings is 1. The molecule has 0 aliphatic carbocycles. The Kier molecular flexibility index (Phi) is 9.31. The Balaban J connectivity index is 2.12. The average Bonchev–Trinajstić information content (AvgIpc) is 2.57. The van der Waals surface area contributed by atoms with Gasteiger partial charge in [0, 0.05) is 0 Å². The van der Waals surface area contributed by atoms with Crippen LogP contribution in [0.25, 0.3) is 0 Å². The van der Waals surface area contributed by atoms with Gasteiger partial charge in [0.2, 0.25) is 0 Å². The van der Waals surface area contributed by atoms with Gasteiger partial charge < -0.3 is 14.4 Å². The Labute approximate surface area is 134 Å². The lowest BCUT2D eigenvalue weighted by Gasteiger charge is -2.17. The van der Waals surface area contributed by atoms with Crippen LogP contribution in [-0.2, 0) is 4.74 Å². The minimum absolute atomic E-state index is 0.276. The van der Waals surface area contributed by atoms with E-state index >= 15 is 0 Å². The monoisotopic (exact) mass is 307 g/mol. The zero-order valence-corrected chi connectivity index (χ0v) is 14.1. The van der Waals surface area contributed by atoms with Crippen molar-refractivity contribution in [2.45, 2.75) is 39.5 Å². The SMILES string of the molecule is CCN(CC)CCCCCCOC(=O)c1cccc(OC)c1. The number of rotatable bonds is 11. The molecule has 22 heavy (non-hydrogen) atoms. The van der Waals surface area contributed by atoms with Gasteiger partial charge in [-0.2, -0.15) is 0 Å². The molecule has 0 N–H and O–H groups in total. The summed E-state index contributed by atoms with van der Waals surface area (Å²) in [5.41, 5.74) is 0.542. The first kappa shape index (κ1) is 18.5. The summed E-state index contributed by atoms with van der Waals surface area (Å²) in [6.07, 6.45) is 4.43. The number of ether oxygens (including phenoxy) is 2. The van der Waals surface area contributed by atoms with Crippen LogP contribution >= 0.6 is 0 Å². The fraction of sp³-hybridized carbons (Fsp3) is 0.611. The molecular weight excluding hydrogens is 278 g/mol. The number of unbranched alkanes of at least 4 members (excludes halogenated alkanes) is 3. The molecule has 0 fully saturated rings. The molecular formula is C18H29NO3. The Hall–Kier alpha value is -1.55. The third-order valence-electron chi connectivity index (χ3n) is 3.80. The highest BCUT2D eigenvalue weighted by molar-refractivity contribution is 5.89. The van der Waals surface area contributed by atoms with E-state index in [1.54, 1.807) is 25.3 Å². The number of hydrogen-bond donors (Lipinski definition) is 0. The van der Waals surface area contributed by atoms with Crippen molar-refractivity contribution in [1.29, 1.82) is 0 Å². The van der Waals surface area contributed by atoms with Crippen LogP contribution in [0.5, 0.6) is 5.75 Å². The van der Waals surface area contributed by atoms with Crippen LogP contribution in [0.3, 0.4) is 0 Å². The van der Waals surface area contributed by atoms with Crippen LogP contribution in [0.4, 0.5) is 0 Å². The van der Waals surface area contributed by atoms with Crippen molar-refractivity contribution in [3.63, 3.8) is 0 Å². The Morgan fingerprint density at radius 3 is 2.50 bits per heavy atom. The van der Waals surface area contributed by atoms with Crippen LogP contribution in [0.2, 0.25) is 0 Å². The maximum absolute atomic E-state index is 11.9.